The molecule has 2 rings (SSSR count). The molecule has 0 aromatic heterocycles. The third kappa shape index (κ3) is 15.8. The number of carbonyl (C=O) groups excluding carboxylic acids is 5. The molecule has 0 aliphatic carbocycles. The lowest BCUT2D eigenvalue weighted by Gasteiger charge is -2.37. The van der Waals surface area contributed by atoms with E-state index in [0.29, 0.717) is 30.5 Å². The molecular formula is C40H59N7O9. The number of aliphatic carboxylic acids is 2. The van der Waals surface area contributed by atoms with E-state index in [1.54, 1.807) is 74.5 Å². The minimum absolute atomic E-state index is 0.00907. The fourth-order valence-corrected chi connectivity index (χ4v) is 6.13. The van der Waals surface area contributed by atoms with Crippen molar-refractivity contribution in [1.29, 1.82) is 0 Å². The summed E-state index contributed by atoms with van der Waals surface area (Å²) >= 11 is 0. The maximum atomic E-state index is 14.4. The number of hydrogen-bond acceptors (Lipinski definition) is 9. The van der Waals surface area contributed by atoms with Crippen LogP contribution in [-0.4, -0.2) is 105 Å². The van der Waals surface area contributed by atoms with Gasteiger partial charge in [-0.05, 0) is 70.0 Å². The summed E-state index contributed by atoms with van der Waals surface area (Å²) in [4.78, 5) is 93.3. The molecule has 56 heavy (non-hydrogen) atoms. The molecule has 0 spiro atoms. The quantitative estimate of drug-likeness (QED) is 0.0700. The number of rotatable bonds is 24. The first kappa shape index (κ1) is 46.8. The van der Waals surface area contributed by atoms with Crippen LogP contribution in [0.4, 0.5) is 0 Å². The van der Waals surface area contributed by atoms with E-state index in [4.69, 9.17) is 11.5 Å². The second kappa shape index (κ2) is 23.5. The Morgan fingerprint density at radius 3 is 1.66 bits per heavy atom. The van der Waals surface area contributed by atoms with Crippen molar-refractivity contribution in [3.05, 3.63) is 71.8 Å². The molecule has 0 aliphatic rings. The van der Waals surface area contributed by atoms with E-state index in [-0.39, 0.29) is 31.6 Å². The van der Waals surface area contributed by atoms with Crippen LogP contribution in [-0.2, 0) is 46.4 Å². The number of unbranched alkanes of at least 4 members (excludes halogenated alkanes) is 1. The number of amides is 5. The summed E-state index contributed by atoms with van der Waals surface area (Å²) in [6, 6.07) is 9.67. The van der Waals surface area contributed by atoms with Gasteiger partial charge in [0, 0.05) is 18.9 Å². The first-order valence-corrected chi connectivity index (χ1v) is 19.0. The van der Waals surface area contributed by atoms with Crippen molar-refractivity contribution in [2.24, 2.45) is 17.4 Å². The van der Waals surface area contributed by atoms with Crippen molar-refractivity contribution in [2.45, 2.75) is 122 Å². The smallest absolute Gasteiger partial charge is 0.326 e. The zero-order valence-electron chi connectivity index (χ0n) is 32.9. The first-order valence-electron chi connectivity index (χ1n) is 19.0. The molecule has 0 unspecified atom stereocenters. The number of carboxylic acids is 2. The summed E-state index contributed by atoms with van der Waals surface area (Å²) in [5.74, 6) is -6.13. The summed E-state index contributed by atoms with van der Waals surface area (Å²) in [7, 11) is 0. The highest BCUT2D eigenvalue weighted by molar-refractivity contribution is 5.96. The maximum Gasteiger partial charge on any atom is 0.326 e. The Morgan fingerprint density at radius 2 is 1.18 bits per heavy atom. The van der Waals surface area contributed by atoms with Gasteiger partial charge in [0.25, 0.3) is 0 Å². The van der Waals surface area contributed by atoms with Crippen LogP contribution in [0.5, 0.6) is 0 Å². The van der Waals surface area contributed by atoms with Crippen molar-refractivity contribution in [3.63, 3.8) is 0 Å². The van der Waals surface area contributed by atoms with Crippen LogP contribution in [0.25, 0.3) is 0 Å². The molecule has 16 nitrogen and oxygen atoms in total. The van der Waals surface area contributed by atoms with Crippen molar-refractivity contribution in [3.8, 4) is 0 Å². The molecule has 0 saturated heterocycles. The topological polar surface area (TPSA) is 263 Å². The molecular weight excluding hydrogens is 722 g/mol. The Labute approximate surface area is 328 Å². The molecule has 0 bridgehead atoms. The lowest BCUT2D eigenvalue weighted by atomic mass is 9.99. The molecule has 16 heteroatoms. The molecule has 0 fully saturated rings. The predicted molar refractivity (Wildman–Crippen MR) is 210 cm³/mol. The van der Waals surface area contributed by atoms with Gasteiger partial charge >= 0.3 is 11.9 Å². The summed E-state index contributed by atoms with van der Waals surface area (Å²) in [6.45, 7) is 8.79. The molecule has 2 aromatic rings. The van der Waals surface area contributed by atoms with E-state index in [2.05, 4.69) is 21.3 Å². The SMILES string of the molecule is CC(C)C[C@H](NC(=O)[C@H](Cc1ccccc1)NC(=O)[C@H](C)NC(=O)[C@H](CCCCN)N(C(=O)[C@H](Cc1ccccc1)NC(=O)[C@@H](N)CC(=O)O)C(C)C)C(=O)O. The van der Waals surface area contributed by atoms with E-state index < -0.39 is 90.2 Å². The Kier molecular flexibility index (Phi) is 19.7. The Balaban J connectivity index is 2.41. The van der Waals surface area contributed by atoms with Crippen molar-refractivity contribution in [2.75, 3.05) is 6.54 Å². The largest absolute Gasteiger partial charge is 0.481 e. The van der Waals surface area contributed by atoms with Crippen molar-refractivity contribution in [1.82, 2.24) is 26.2 Å². The van der Waals surface area contributed by atoms with E-state index >= 15 is 0 Å². The summed E-state index contributed by atoms with van der Waals surface area (Å²) in [6.07, 6.45) is 0.661. The van der Waals surface area contributed by atoms with E-state index in [1.807, 2.05) is 13.8 Å². The van der Waals surface area contributed by atoms with Gasteiger partial charge in [0.05, 0.1) is 12.5 Å². The third-order valence-corrected chi connectivity index (χ3v) is 9.00. The fraction of sp³-hybridized carbons (Fsp3) is 0.525. The number of carboxylic acid groups (broad SMARTS) is 2. The predicted octanol–water partition coefficient (Wildman–Crippen LogP) is 1.10. The van der Waals surface area contributed by atoms with Crippen LogP contribution < -0.4 is 32.7 Å². The minimum Gasteiger partial charge on any atom is -0.481 e. The lowest BCUT2D eigenvalue weighted by Crippen LogP contribution is -2.61. The fourth-order valence-electron chi connectivity index (χ4n) is 6.13. The number of nitrogens with one attached hydrogen (secondary N) is 4. The molecule has 0 aliphatic heterocycles. The van der Waals surface area contributed by atoms with Gasteiger partial charge in [-0.1, -0.05) is 74.5 Å². The molecule has 0 radical (unpaired) electrons. The Hall–Kier alpha value is -5.35. The number of hydrogen-bond donors (Lipinski definition) is 8. The van der Waals surface area contributed by atoms with Gasteiger partial charge in [-0.2, -0.15) is 0 Å². The zero-order chi connectivity index (χ0) is 41.9. The average Bonchev–Trinajstić information content (AvgIpc) is 3.13. The first-order chi connectivity index (χ1) is 26.4. The standard InChI is InChI=1S/C40H59N7O9/c1-24(2)20-32(40(55)56)46-37(52)30(21-27-14-8-6-9-15-27)44-35(50)26(5)43-38(53)33(18-12-13-19-41)47(25(3)4)39(54)31(22-28-16-10-7-11-17-28)45-36(51)29(42)23-34(48)49/h6-11,14-17,24-26,29-33H,12-13,18-23,41-42H2,1-5H3,(H,43,53)(H,44,50)(H,45,51)(H,46,52)(H,48,49)(H,55,56)/t26-,29-,30-,31-,32-,33-/m0/s1. The van der Waals surface area contributed by atoms with E-state index in [0.717, 1.165) is 0 Å². The molecule has 2 aromatic carbocycles. The van der Waals surface area contributed by atoms with Crippen LogP contribution in [0.1, 0.15) is 77.8 Å². The number of nitrogens with zero attached hydrogens (tertiary/aromatic N) is 1. The molecule has 10 N–H and O–H groups in total. The van der Waals surface area contributed by atoms with Gasteiger partial charge in [-0.3, -0.25) is 28.8 Å². The lowest BCUT2D eigenvalue weighted by molar-refractivity contribution is -0.146. The van der Waals surface area contributed by atoms with Gasteiger partial charge in [0.15, 0.2) is 0 Å². The number of nitrogens with two attached hydrogens (primary N) is 2. The number of benzene rings is 2. The normalized spacial score (nSPS) is 14.4. The average molecular weight is 782 g/mol. The highest BCUT2D eigenvalue weighted by Crippen LogP contribution is 2.18. The molecule has 5 amide bonds. The van der Waals surface area contributed by atoms with Gasteiger partial charge in [0.1, 0.15) is 30.2 Å². The second-order valence-electron chi connectivity index (χ2n) is 14.6. The monoisotopic (exact) mass is 781 g/mol. The third-order valence-electron chi connectivity index (χ3n) is 9.00. The Bertz CT molecular complexity index is 1610. The van der Waals surface area contributed by atoms with Crippen molar-refractivity contribution < 1.29 is 43.8 Å². The molecule has 0 heterocycles. The van der Waals surface area contributed by atoms with E-state index in [1.165, 1.54) is 11.8 Å². The Morgan fingerprint density at radius 1 is 0.661 bits per heavy atom. The highest BCUT2D eigenvalue weighted by Gasteiger charge is 2.38. The summed E-state index contributed by atoms with van der Waals surface area (Å²) in [5, 5.41) is 29.4. The highest BCUT2D eigenvalue weighted by atomic mass is 16.4. The van der Waals surface area contributed by atoms with Crippen LogP contribution >= 0.6 is 0 Å². The van der Waals surface area contributed by atoms with Gasteiger partial charge in [0.2, 0.25) is 29.5 Å². The van der Waals surface area contributed by atoms with Crippen LogP contribution in [0.3, 0.4) is 0 Å². The van der Waals surface area contributed by atoms with Crippen LogP contribution in [0, 0.1) is 5.92 Å². The second-order valence-corrected chi connectivity index (χ2v) is 14.6. The molecule has 0 saturated carbocycles. The summed E-state index contributed by atoms with van der Waals surface area (Å²) < 4.78 is 0. The van der Waals surface area contributed by atoms with Crippen LogP contribution in [0.15, 0.2) is 60.7 Å². The zero-order valence-corrected chi connectivity index (χ0v) is 32.9. The van der Waals surface area contributed by atoms with Gasteiger partial charge in [-0.15, -0.1) is 0 Å². The summed E-state index contributed by atoms with van der Waals surface area (Å²) in [5.41, 5.74) is 13.0. The number of carbonyl (C=O) groups is 7. The van der Waals surface area contributed by atoms with Gasteiger partial charge < -0.3 is 47.8 Å². The van der Waals surface area contributed by atoms with Crippen molar-refractivity contribution >= 4 is 41.5 Å². The maximum absolute atomic E-state index is 14.4. The molecule has 6 atom stereocenters. The minimum atomic E-state index is -1.44. The van der Waals surface area contributed by atoms with Crippen LogP contribution in [0.2, 0.25) is 0 Å². The van der Waals surface area contributed by atoms with Gasteiger partial charge in [-0.25, -0.2) is 4.79 Å². The van der Waals surface area contributed by atoms with E-state index in [9.17, 15) is 43.8 Å². The molecule has 308 valence electrons.